The molecule has 1 saturated carbocycles. The highest BCUT2D eigenvalue weighted by Crippen LogP contribution is 2.59. The molecular formula is C10H12O6. The second-order valence-corrected chi connectivity index (χ2v) is 3.98. The molecule has 0 aromatic carbocycles. The molecule has 16 heavy (non-hydrogen) atoms. The third-order valence-electron chi connectivity index (χ3n) is 3.11. The molecule has 1 aliphatic carbocycles. The zero-order valence-corrected chi connectivity index (χ0v) is 8.86. The second-order valence-electron chi connectivity index (χ2n) is 3.98. The number of esters is 3. The van der Waals surface area contributed by atoms with Gasteiger partial charge in [-0.15, -0.1) is 0 Å². The fourth-order valence-corrected chi connectivity index (χ4v) is 1.98. The highest BCUT2D eigenvalue weighted by molar-refractivity contribution is 5.92. The molecule has 0 amide bonds. The Hall–Kier alpha value is -1.59. The van der Waals surface area contributed by atoms with E-state index in [1.54, 1.807) is 0 Å². The molecule has 0 bridgehead atoms. The number of carbonyl (C=O) groups excluding carboxylic acids is 3. The van der Waals surface area contributed by atoms with Crippen molar-refractivity contribution in [3.63, 3.8) is 0 Å². The molecule has 0 aromatic heterocycles. The van der Waals surface area contributed by atoms with Crippen molar-refractivity contribution in [3.05, 3.63) is 0 Å². The molecule has 2 rings (SSSR count). The monoisotopic (exact) mass is 228 g/mol. The zero-order valence-electron chi connectivity index (χ0n) is 8.86. The number of hydrogen-bond acceptors (Lipinski definition) is 6. The summed E-state index contributed by atoms with van der Waals surface area (Å²) in [6.45, 7) is -0.0451. The molecule has 2 aliphatic rings. The lowest BCUT2D eigenvalue weighted by Crippen LogP contribution is -2.21. The smallest absolute Gasteiger partial charge is 0.344 e. The number of rotatable bonds is 3. The van der Waals surface area contributed by atoms with Gasteiger partial charge in [-0.1, -0.05) is 0 Å². The molecule has 0 radical (unpaired) electrons. The Kier molecular flexibility index (Phi) is 2.57. The molecule has 1 saturated heterocycles. The molecule has 2 fully saturated rings. The molecule has 1 aliphatic heterocycles. The highest BCUT2D eigenvalue weighted by atomic mass is 16.6. The van der Waals surface area contributed by atoms with Gasteiger partial charge in [-0.25, -0.2) is 4.79 Å². The Labute approximate surface area is 91.8 Å². The number of carbonyl (C=O) groups is 3. The van der Waals surface area contributed by atoms with Crippen molar-refractivity contribution in [3.8, 4) is 0 Å². The van der Waals surface area contributed by atoms with Gasteiger partial charge in [-0.05, 0) is 12.8 Å². The molecule has 2 atom stereocenters. The first-order valence-corrected chi connectivity index (χ1v) is 5.01. The van der Waals surface area contributed by atoms with Crippen molar-refractivity contribution in [1.29, 1.82) is 0 Å². The molecule has 1 heterocycles. The van der Waals surface area contributed by atoms with Crippen LogP contribution in [-0.4, -0.2) is 38.2 Å². The van der Waals surface area contributed by atoms with E-state index in [1.807, 2.05) is 0 Å². The van der Waals surface area contributed by atoms with Crippen LogP contribution in [0.1, 0.15) is 12.8 Å². The summed E-state index contributed by atoms with van der Waals surface area (Å²) in [4.78, 5) is 33.6. The maximum Gasteiger partial charge on any atom is 0.344 e. The van der Waals surface area contributed by atoms with Gasteiger partial charge >= 0.3 is 17.9 Å². The van der Waals surface area contributed by atoms with Crippen LogP contribution in [-0.2, 0) is 28.6 Å². The lowest BCUT2D eigenvalue weighted by atomic mass is 10.0. The Morgan fingerprint density at radius 1 is 1.56 bits per heavy atom. The highest BCUT2D eigenvalue weighted by Gasteiger charge is 2.67. The minimum Gasteiger partial charge on any atom is -0.466 e. The normalized spacial score (nSPS) is 31.1. The predicted octanol–water partition coefficient (Wildman–Crippen LogP) is -0.344. The summed E-state index contributed by atoms with van der Waals surface area (Å²) in [6, 6.07) is 0. The van der Waals surface area contributed by atoms with Crippen molar-refractivity contribution in [1.82, 2.24) is 0 Å². The Balaban J connectivity index is 1.85. The zero-order chi connectivity index (χ0) is 11.8. The molecule has 0 aromatic rings. The molecule has 0 unspecified atom stereocenters. The summed E-state index contributed by atoms with van der Waals surface area (Å²) in [5, 5.41) is 0. The van der Waals surface area contributed by atoms with Crippen LogP contribution in [0.25, 0.3) is 0 Å². The minimum absolute atomic E-state index is 0.326. The van der Waals surface area contributed by atoms with Gasteiger partial charge in [-0.3, -0.25) is 9.59 Å². The third kappa shape index (κ3) is 1.64. The molecule has 1 spiro atoms. The first kappa shape index (κ1) is 10.9. The van der Waals surface area contributed by atoms with Gasteiger partial charge in [0.15, 0.2) is 6.61 Å². The number of hydrogen-bond donors (Lipinski definition) is 0. The van der Waals surface area contributed by atoms with Crippen molar-refractivity contribution < 1.29 is 28.6 Å². The van der Waals surface area contributed by atoms with Crippen LogP contribution < -0.4 is 0 Å². The van der Waals surface area contributed by atoms with E-state index in [2.05, 4.69) is 4.74 Å². The third-order valence-corrected chi connectivity index (χ3v) is 3.11. The van der Waals surface area contributed by atoms with Crippen molar-refractivity contribution in [2.45, 2.75) is 12.8 Å². The van der Waals surface area contributed by atoms with Crippen LogP contribution in [0, 0.1) is 11.3 Å². The molecule has 6 heteroatoms. The fraction of sp³-hybridized carbons (Fsp3) is 0.700. The lowest BCUT2D eigenvalue weighted by molar-refractivity contribution is -0.159. The Morgan fingerprint density at radius 3 is 2.88 bits per heavy atom. The quantitative estimate of drug-likeness (QED) is 0.485. The SMILES string of the molecule is COC(=O)COC(=O)[C@@H]1C[C@]12CCOC2=O. The van der Waals surface area contributed by atoms with Crippen molar-refractivity contribution in [2.24, 2.45) is 11.3 Å². The lowest BCUT2D eigenvalue weighted by Gasteiger charge is -2.04. The van der Waals surface area contributed by atoms with Crippen LogP contribution in [0.3, 0.4) is 0 Å². The van der Waals surface area contributed by atoms with Gasteiger partial charge < -0.3 is 14.2 Å². The maximum atomic E-state index is 11.5. The van der Waals surface area contributed by atoms with Gasteiger partial charge in [0.1, 0.15) is 0 Å². The number of ether oxygens (including phenoxy) is 3. The van der Waals surface area contributed by atoms with Crippen LogP contribution in [0.2, 0.25) is 0 Å². The first-order chi connectivity index (χ1) is 7.60. The van der Waals surface area contributed by atoms with Crippen molar-refractivity contribution >= 4 is 17.9 Å². The number of methoxy groups -OCH3 is 1. The standard InChI is InChI=1S/C10H12O6/c1-14-7(11)5-16-8(12)6-4-10(6)2-3-15-9(10)13/h6H,2-5H2,1H3/t6-,10+/m0/s1. The van der Waals surface area contributed by atoms with Gasteiger partial charge in [0.05, 0.1) is 25.0 Å². The minimum atomic E-state index is -0.660. The van der Waals surface area contributed by atoms with E-state index in [4.69, 9.17) is 9.47 Å². The average molecular weight is 228 g/mol. The summed E-state index contributed by atoms with van der Waals surface area (Å²) < 4.78 is 13.9. The van der Waals surface area contributed by atoms with Gasteiger partial charge in [0.25, 0.3) is 0 Å². The molecule has 88 valence electrons. The second kappa shape index (κ2) is 3.77. The van der Waals surface area contributed by atoms with Crippen LogP contribution in [0.4, 0.5) is 0 Å². The summed E-state index contributed by atoms with van der Waals surface area (Å²) in [6.07, 6.45) is 1.02. The summed E-state index contributed by atoms with van der Waals surface area (Å²) in [5.41, 5.74) is -0.660. The Morgan fingerprint density at radius 2 is 2.31 bits per heavy atom. The number of cyclic esters (lactones) is 1. The van der Waals surface area contributed by atoms with E-state index in [0.29, 0.717) is 19.4 Å². The summed E-state index contributed by atoms with van der Waals surface area (Å²) in [7, 11) is 1.21. The van der Waals surface area contributed by atoms with E-state index in [0.717, 1.165) is 0 Å². The topological polar surface area (TPSA) is 78.9 Å². The van der Waals surface area contributed by atoms with Crippen molar-refractivity contribution in [2.75, 3.05) is 20.3 Å². The summed E-state index contributed by atoms with van der Waals surface area (Å²) >= 11 is 0. The fourth-order valence-electron chi connectivity index (χ4n) is 1.98. The van der Waals surface area contributed by atoms with Gasteiger partial charge in [0, 0.05) is 0 Å². The maximum absolute atomic E-state index is 11.5. The predicted molar refractivity (Wildman–Crippen MR) is 49.1 cm³/mol. The van der Waals surface area contributed by atoms with Gasteiger partial charge in [-0.2, -0.15) is 0 Å². The Bertz CT molecular complexity index is 349. The average Bonchev–Trinajstić information content (AvgIpc) is 2.90. The largest absolute Gasteiger partial charge is 0.466 e. The van der Waals surface area contributed by atoms with Gasteiger partial charge in [0.2, 0.25) is 0 Å². The first-order valence-electron chi connectivity index (χ1n) is 5.01. The van der Waals surface area contributed by atoms with Crippen LogP contribution in [0.15, 0.2) is 0 Å². The van der Waals surface area contributed by atoms with E-state index < -0.39 is 29.9 Å². The van der Waals surface area contributed by atoms with E-state index in [1.165, 1.54) is 7.11 Å². The van der Waals surface area contributed by atoms with E-state index in [9.17, 15) is 14.4 Å². The summed E-state index contributed by atoms with van der Waals surface area (Å²) in [5.74, 6) is -1.92. The van der Waals surface area contributed by atoms with Crippen LogP contribution >= 0.6 is 0 Å². The molecule has 0 N–H and O–H groups in total. The molecular weight excluding hydrogens is 216 g/mol. The van der Waals surface area contributed by atoms with Crippen LogP contribution in [0.5, 0.6) is 0 Å². The van der Waals surface area contributed by atoms with E-state index in [-0.39, 0.29) is 5.97 Å². The molecule has 6 nitrogen and oxygen atoms in total. The van der Waals surface area contributed by atoms with E-state index >= 15 is 0 Å².